The number of rotatable bonds is 7. The summed E-state index contributed by atoms with van der Waals surface area (Å²) in [4.78, 5) is 52.3. The number of morpholine rings is 1. The maximum atomic E-state index is 12.5. The number of ether oxygens (including phenoxy) is 2. The van der Waals surface area contributed by atoms with Crippen LogP contribution in [-0.4, -0.2) is 60.4 Å². The number of nitro benzene ring substituents is 1. The Morgan fingerprint density at radius 1 is 1.23 bits per heavy atom. The fourth-order valence-corrected chi connectivity index (χ4v) is 3.71. The molecule has 2 aromatic rings. The summed E-state index contributed by atoms with van der Waals surface area (Å²) in [6.07, 6.45) is 0. The highest BCUT2D eigenvalue weighted by Gasteiger charge is 2.25. The SMILES string of the molecule is CC(=O)c1c(C)[nH]c(C(=O)COC(=O)c2ccc(N3CCOCC3)c([N+](=O)[O-])c2)c1C. The van der Waals surface area contributed by atoms with Crippen molar-refractivity contribution in [2.75, 3.05) is 37.8 Å². The number of nitrogens with one attached hydrogen (secondary N) is 1. The molecule has 0 aliphatic carbocycles. The average molecular weight is 429 g/mol. The van der Waals surface area contributed by atoms with Crippen molar-refractivity contribution >= 4 is 28.9 Å². The number of ketones is 2. The molecule has 164 valence electrons. The van der Waals surface area contributed by atoms with Gasteiger partial charge < -0.3 is 19.4 Å². The first-order valence-corrected chi connectivity index (χ1v) is 9.72. The molecule has 0 spiro atoms. The number of esters is 1. The smallest absolute Gasteiger partial charge is 0.338 e. The first-order valence-electron chi connectivity index (χ1n) is 9.72. The monoisotopic (exact) mass is 429 g/mol. The van der Waals surface area contributed by atoms with Gasteiger partial charge in [0.25, 0.3) is 5.69 Å². The second kappa shape index (κ2) is 9.09. The predicted octanol–water partition coefficient (Wildman–Crippen LogP) is 2.62. The van der Waals surface area contributed by atoms with Crippen LogP contribution in [0.4, 0.5) is 11.4 Å². The molecule has 10 nitrogen and oxygen atoms in total. The van der Waals surface area contributed by atoms with Gasteiger partial charge >= 0.3 is 5.97 Å². The van der Waals surface area contributed by atoms with Crippen molar-refractivity contribution in [1.29, 1.82) is 0 Å². The lowest BCUT2D eigenvalue weighted by molar-refractivity contribution is -0.384. The molecule has 0 amide bonds. The summed E-state index contributed by atoms with van der Waals surface area (Å²) < 4.78 is 10.3. The Bertz CT molecular complexity index is 1050. The van der Waals surface area contributed by atoms with Crippen molar-refractivity contribution in [3.05, 3.63) is 56.4 Å². The van der Waals surface area contributed by atoms with E-state index in [9.17, 15) is 24.5 Å². The lowest BCUT2D eigenvalue weighted by Crippen LogP contribution is -2.36. The van der Waals surface area contributed by atoms with Crippen molar-refractivity contribution in [2.24, 2.45) is 0 Å². The standard InChI is InChI=1S/C21H23N3O7/c1-12-19(14(3)25)13(2)22-20(12)18(26)11-31-21(27)15-4-5-16(17(10-15)24(28)29)23-6-8-30-9-7-23/h4-5,10,22H,6-9,11H2,1-3H3. The van der Waals surface area contributed by atoms with Gasteiger partial charge in [0.1, 0.15) is 5.69 Å². The van der Waals surface area contributed by atoms with Crippen molar-refractivity contribution < 1.29 is 28.8 Å². The molecule has 0 unspecified atom stereocenters. The van der Waals surface area contributed by atoms with Gasteiger partial charge in [-0.25, -0.2) is 4.79 Å². The van der Waals surface area contributed by atoms with E-state index < -0.39 is 23.3 Å². The van der Waals surface area contributed by atoms with Gasteiger partial charge in [0.2, 0.25) is 5.78 Å². The number of aromatic nitrogens is 1. The number of benzene rings is 1. The summed E-state index contributed by atoms with van der Waals surface area (Å²) in [6, 6.07) is 4.08. The number of Topliss-reactive ketones (excluding diaryl/α,β-unsaturated/α-hetero) is 2. The van der Waals surface area contributed by atoms with Gasteiger partial charge in [0, 0.05) is 30.4 Å². The number of carbonyl (C=O) groups is 3. The van der Waals surface area contributed by atoms with Gasteiger partial charge in [-0.2, -0.15) is 0 Å². The summed E-state index contributed by atoms with van der Waals surface area (Å²) in [6.45, 7) is 6.12. The molecule has 3 rings (SSSR count). The number of hydrogen-bond donors (Lipinski definition) is 1. The van der Waals surface area contributed by atoms with Crippen LogP contribution in [0.25, 0.3) is 0 Å². The zero-order chi connectivity index (χ0) is 22.7. The zero-order valence-corrected chi connectivity index (χ0v) is 17.5. The second-order valence-corrected chi connectivity index (χ2v) is 7.24. The molecule has 31 heavy (non-hydrogen) atoms. The van der Waals surface area contributed by atoms with E-state index in [0.29, 0.717) is 48.8 Å². The number of anilines is 1. The summed E-state index contributed by atoms with van der Waals surface area (Å²) in [5, 5.41) is 11.5. The van der Waals surface area contributed by atoms with Crippen LogP contribution in [0.1, 0.15) is 49.4 Å². The molecule has 1 saturated heterocycles. The van der Waals surface area contributed by atoms with E-state index in [1.165, 1.54) is 19.1 Å². The first-order chi connectivity index (χ1) is 14.7. The van der Waals surface area contributed by atoms with Gasteiger partial charge in [-0.05, 0) is 38.5 Å². The third-order valence-corrected chi connectivity index (χ3v) is 5.16. The highest BCUT2D eigenvalue weighted by atomic mass is 16.6. The van der Waals surface area contributed by atoms with E-state index in [2.05, 4.69) is 4.98 Å². The molecule has 1 aliphatic heterocycles. The van der Waals surface area contributed by atoms with Crippen LogP contribution in [0.5, 0.6) is 0 Å². The summed E-state index contributed by atoms with van der Waals surface area (Å²) in [7, 11) is 0. The molecule has 0 saturated carbocycles. The van der Waals surface area contributed by atoms with Crippen LogP contribution in [0, 0.1) is 24.0 Å². The number of carbonyl (C=O) groups excluding carboxylic acids is 3. The van der Waals surface area contributed by atoms with Crippen LogP contribution in [0.2, 0.25) is 0 Å². The number of nitro groups is 1. The van der Waals surface area contributed by atoms with Crippen molar-refractivity contribution in [3.63, 3.8) is 0 Å². The molecule has 1 aliphatic rings. The maximum Gasteiger partial charge on any atom is 0.338 e. The van der Waals surface area contributed by atoms with Crippen LogP contribution in [0.15, 0.2) is 18.2 Å². The molecular weight excluding hydrogens is 406 g/mol. The van der Waals surface area contributed by atoms with Gasteiger partial charge in [-0.1, -0.05) is 0 Å². The number of hydrogen-bond acceptors (Lipinski definition) is 8. The Kier molecular flexibility index (Phi) is 6.50. The lowest BCUT2D eigenvalue weighted by atomic mass is 10.1. The highest BCUT2D eigenvalue weighted by molar-refractivity contribution is 6.04. The summed E-state index contributed by atoms with van der Waals surface area (Å²) >= 11 is 0. The van der Waals surface area contributed by atoms with Crippen molar-refractivity contribution in [2.45, 2.75) is 20.8 Å². The van der Waals surface area contributed by atoms with E-state index in [0.717, 1.165) is 6.07 Å². The Balaban J connectivity index is 1.74. The molecule has 1 aromatic heterocycles. The van der Waals surface area contributed by atoms with Crippen LogP contribution >= 0.6 is 0 Å². The Morgan fingerprint density at radius 3 is 2.48 bits per heavy atom. The zero-order valence-electron chi connectivity index (χ0n) is 17.5. The van der Waals surface area contributed by atoms with Gasteiger partial charge in [0.05, 0.1) is 29.4 Å². The third kappa shape index (κ3) is 4.64. The number of H-pyrrole nitrogens is 1. The summed E-state index contributed by atoms with van der Waals surface area (Å²) in [5.41, 5.74) is 1.85. The number of aryl methyl sites for hydroxylation is 1. The Labute approximate surface area is 178 Å². The van der Waals surface area contributed by atoms with Crippen LogP contribution in [-0.2, 0) is 9.47 Å². The number of aromatic amines is 1. The minimum atomic E-state index is -0.849. The predicted molar refractivity (Wildman–Crippen MR) is 111 cm³/mol. The highest BCUT2D eigenvalue weighted by Crippen LogP contribution is 2.30. The quantitative estimate of drug-likeness (QED) is 0.307. The lowest BCUT2D eigenvalue weighted by Gasteiger charge is -2.28. The fraction of sp³-hybridized carbons (Fsp3) is 0.381. The molecule has 2 heterocycles. The second-order valence-electron chi connectivity index (χ2n) is 7.24. The molecule has 0 bridgehead atoms. The number of nitrogens with zero attached hydrogens (tertiary/aromatic N) is 2. The molecule has 1 aromatic carbocycles. The fourth-order valence-electron chi connectivity index (χ4n) is 3.71. The largest absolute Gasteiger partial charge is 0.454 e. The minimum absolute atomic E-state index is 0.0275. The van der Waals surface area contributed by atoms with E-state index >= 15 is 0 Å². The maximum absolute atomic E-state index is 12.5. The van der Waals surface area contributed by atoms with Crippen LogP contribution in [0.3, 0.4) is 0 Å². The topological polar surface area (TPSA) is 132 Å². The summed E-state index contributed by atoms with van der Waals surface area (Å²) in [5.74, 6) is -1.52. The molecule has 1 fully saturated rings. The molecule has 1 N–H and O–H groups in total. The van der Waals surface area contributed by atoms with E-state index in [1.54, 1.807) is 13.8 Å². The molecule has 10 heteroatoms. The molecule has 0 atom stereocenters. The Hall–Kier alpha value is -3.53. The van der Waals surface area contributed by atoms with Crippen molar-refractivity contribution in [3.8, 4) is 0 Å². The van der Waals surface area contributed by atoms with E-state index in [-0.39, 0.29) is 22.7 Å². The van der Waals surface area contributed by atoms with Gasteiger partial charge in [-0.15, -0.1) is 0 Å². The van der Waals surface area contributed by atoms with E-state index in [1.807, 2.05) is 4.90 Å². The average Bonchev–Trinajstić information content (AvgIpc) is 3.06. The third-order valence-electron chi connectivity index (χ3n) is 5.16. The van der Waals surface area contributed by atoms with Gasteiger partial charge in [-0.3, -0.25) is 19.7 Å². The van der Waals surface area contributed by atoms with Gasteiger partial charge in [0.15, 0.2) is 12.4 Å². The van der Waals surface area contributed by atoms with Crippen LogP contribution < -0.4 is 4.90 Å². The minimum Gasteiger partial charge on any atom is -0.454 e. The Morgan fingerprint density at radius 2 is 1.90 bits per heavy atom. The normalized spacial score (nSPS) is 13.7. The first kappa shape index (κ1) is 22.2. The van der Waals surface area contributed by atoms with E-state index in [4.69, 9.17) is 9.47 Å². The molecular formula is C21H23N3O7. The van der Waals surface area contributed by atoms with Crippen molar-refractivity contribution in [1.82, 2.24) is 4.98 Å². The molecule has 0 radical (unpaired) electrons.